The summed E-state index contributed by atoms with van der Waals surface area (Å²) in [7, 11) is 1.62. The zero-order valence-corrected chi connectivity index (χ0v) is 12.3. The minimum Gasteiger partial charge on any atom is -0.481 e. The molecule has 1 aromatic heterocycles. The molecular weight excluding hydrogens is 339 g/mol. The molecule has 0 amide bonds. The fourth-order valence-electron chi connectivity index (χ4n) is 1.59. The summed E-state index contributed by atoms with van der Waals surface area (Å²) in [5, 5.41) is 3.39. The summed E-state index contributed by atoms with van der Waals surface area (Å²) >= 11 is 2.31. The number of benzene rings is 1. The molecule has 94 valence electrons. The van der Waals surface area contributed by atoms with Gasteiger partial charge in [-0.3, -0.25) is 0 Å². The lowest BCUT2D eigenvalue weighted by Gasteiger charge is -2.06. The predicted octanol–water partition coefficient (Wildman–Crippen LogP) is 2.98. The molecule has 0 bridgehead atoms. The average molecular weight is 354 g/mol. The first-order valence-electron chi connectivity index (χ1n) is 5.72. The maximum absolute atomic E-state index is 5.02. The second-order valence-corrected chi connectivity index (χ2v) is 5.18. The SMILES string of the molecule is COc1ccc(CNCc2ccc(I)cc2)cn1. The fraction of sp³-hybridized carbons (Fsp3) is 0.214. The monoisotopic (exact) mass is 354 g/mol. The molecule has 0 unspecified atom stereocenters. The summed E-state index contributed by atoms with van der Waals surface area (Å²) < 4.78 is 6.28. The quantitative estimate of drug-likeness (QED) is 0.839. The van der Waals surface area contributed by atoms with Crippen LogP contribution in [0, 0.1) is 3.57 Å². The van der Waals surface area contributed by atoms with Crippen LogP contribution in [0.2, 0.25) is 0 Å². The van der Waals surface area contributed by atoms with E-state index in [-0.39, 0.29) is 0 Å². The molecule has 1 aromatic carbocycles. The van der Waals surface area contributed by atoms with Gasteiger partial charge in [0.05, 0.1) is 7.11 Å². The number of pyridine rings is 1. The lowest BCUT2D eigenvalue weighted by atomic mass is 10.2. The molecule has 3 nitrogen and oxygen atoms in total. The van der Waals surface area contributed by atoms with Crippen molar-refractivity contribution in [2.75, 3.05) is 7.11 Å². The molecule has 0 saturated heterocycles. The lowest BCUT2D eigenvalue weighted by molar-refractivity contribution is 0.397. The van der Waals surface area contributed by atoms with Crippen molar-refractivity contribution in [1.29, 1.82) is 0 Å². The normalized spacial score (nSPS) is 10.3. The van der Waals surface area contributed by atoms with Crippen LogP contribution in [0.15, 0.2) is 42.6 Å². The lowest BCUT2D eigenvalue weighted by Crippen LogP contribution is -2.12. The molecule has 2 aromatic rings. The summed E-state index contributed by atoms with van der Waals surface area (Å²) in [5.74, 6) is 0.649. The van der Waals surface area contributed by atoms with Crippen molar-refractivity contribution in [3.63, 3.8) is 0 Å². The van der Waals surface area contributed by atoms with E-state index in [4.69, 9.17) is 4.74 Å². The molecule has 0 atom stereocenters. The Kier molecular flexibility index (Phi) is 4.95. The van der Waals surface area contributed by atoms with Gasteiger partial charge >= 0.3 is 0 Å². The molecule has 0 aliphatic carbocycles. The van der Waals surface area contributed by atoms with Gasteiger partial charge in [0, 0.05) is 28.9 Å². The Balaban J connectivity index is 1.82. The average Bonchev–Trinajstić information content (AvgIpc) is 2.42. The maximum atomic E-state index is 5.02. The van der Waals surface area contributed by atoms with Gasteiger partial charge < -0.3 is 10.1 Å². The Labute approximate surface area is 121 Å². The van der Waals surface area contributed by atoms with Crippen LogP contribution >= 0.6 is 22.6 Å². The molecule has 4 heteroatoms. The molecule has 1 heterocycles. The van der Waals surface area contributed by atoms with E-state index in [1.54, 1.807) is 7.11 Å². The molecule has 18 heavy (non-hydrogen) atoms. The Morgan fingerprint density at radius 3 is 2.33 bits per heavy atom. The Morgan fingerprint density at radius 2 is 1.72 bits per heavy atom. The third-order valence-corrected chi connectivity index (χ3v) is 3.30. The van der Waals surface area contributed by atoms with Gasteiger partial charge in [0.15, 0.2) is 0 Å². The van der Waals surface area contributed by atoms with Crippen LogP contribution < -0.4 is 10.1 Å². The van der Waals surface area contributed by atoms with Gasteiger partial charge in [0.1, 0.15) is 0 Å². The second-order valence-electron chi connectivity index (χ2n) is 3.94. The third kappa shape index (κ3) is 3.96. The molecule has 0 aliphatic heterocycles. The van der Waals surface area contributed by atoms with E-state index in [2.05, 4.69) is 57.2 Å². The highest BCUT2D eigenvalue weighted by Crippen LogP contribution is 2.08. The molecule has 0 fully saturated rings. The number of nitrogens with one attached hydrogen (secondary N) is 1. The van der Waals surface area contributed by atoms with Crippen LogP contribution in [0.25, 0.3) is 0 Å². The van der Waals surface area contributed by atoms with E-state index in [0.29, 0.717) is 5.88 Å². The number of aromatic nitrogens is 1. The summed E-state index contributed by atoms with van der Waals surface area (Å²) in [6, 6.07) is 12.4. The van der Waals surface area contributed by atoms with Crippen LogP contribution in [0.5, 0.6) is 5.88 Å². The van der Waals surface area contributed by atoms with E-state index in [0.717, 1.165) is 18.7 Å². The van der Waals surface area contributed by atoms with Gasteiger partial charge in [0.25, 0.3) is 0 Å². The van der Waals surface area contributed by atoms with Crippen molar-refractivity contribution in [3.05, 3.63) is 57.3 Å². The number of rotatable bonds is 5. The first-order valence-corrected chi connectivity index (χ1v) is 6.80. The van der Waals surface area contributed by atoms with E-state index in [1.165, 1.54) is 9.13 Å². The van der Waals surface area contributed by atoms with Crippen LogP contribution in [-0.4, -0.2) is 12.1 Å². The Hall–Kier alpha value is -1.14. The summed E-state index contributed by atoms with van der Waals surface area (Å²) in [6.07, 6.45) is 1.83. The standard InChI is InChI=1S/C14H15IN2O/c1-18-14-7-4-12(10-17-14)9-16-8-11-2-5-13(15)6-3-11/h2-7,10,16H,8-9H2,1H3. The Morgan fingerprint density at radius 1 is 1.06 bits per heavy atom. The fourth-order valence-corrected chi connectivity index (χ4v) is 1.95. The van der Waals surface area contributed by atoms with E-state index >= 15 is 0 Å². The minimum atomic E-state index is 0.649. The smallest absolute Gasteiger partial charge is 0.212 e. The van der Waals surface area contributed by atoms with Gasteiger partial charge in [-0.2, -0.15) is 0 Å². The zero-order chi connectivity index (χ0) is 12.8. The highest BCUT2D eigenvalue weighted by Gasteiger charge is 1.96. The first-order chi connectivity index (χ1) is 8.78. The summed E-state index contributed by atoms with van der Waals surface area (Å²) in [4.78, 5) is 4.17. The van der Waals surface area contributed by atoms with Gasteiger partial charge in [-0.1, -0.05) is 18.2 Å². The number of halogens is 1. The number of ether oxygens (including phenoxy) is 1. The van der Waals surface area contributed by atoms with Crippen molar-refractivity contribution < 1.29 is 4.74 Å². The molecule has 2 rings (SSSR count). The van der Waals surface area contributed by atoms with Crippen LogP contribution in [0.1, 0.15) is 11.1 Å². The van der Waals surface area contributed by atoms with Crippen molar-refractivity contribution in [2.45, 2.75) is 13.1 Å². The zero-order valence-electron chi connectivity index (χ0n) is 10.2. The summed E-state index contributed by atoms with van der Waals surface area (Å²) in [5.41, 5.74) is 2.44. The minimum absolute atomic E-state index is 0.649. The molecule has 0 aliphatic rings. The van der Waals surface area contributed by atoms with E-state index in [1.807, 2.05) is 18.3 Å². The van der Waals surface area contributed by atoms with Crippen molar-refractivity contribution in [2.24, 2.45) is 0 Å². The van der Waals surface area contributed by atoms with Gasteiger partial charge in [-0.05, 0) is 45.9 Å². The second kappa shape index (κ2) is 6.70. The molecule has 1 N–H and O–H groups in total. The van der Waals surface area contributed by atoms with Crippen LogP contribution in [0.3, 0.4) is 0 Å². The summed E-state index contributed by atoms with van der Waals surface area (Å²) in [6.45, 7) is 1.67. The van der Waals surface area contributed by atoms with E-state index < -0.39 is 0 Å². The molecule has 0 saturated carbocycles. The predicted molar refractivity (Wildman–Crippen MR) is 80.5 cm³/mol. The maximum Gasteiger partial charge on any atom is 0.212 e. The van der Waals surface area contributed by atoms with Gasteiger partial charge in [-0.15, -0.1) is 0 Å². The van der Waals surface area contributed by atoms with E-state index in [9.17, 15) is 0 Å². The largest absolute Gasteiger partial charge is 0.481 e. The Bertz CT molecular complexity index is 482. The highest BCUT2D eigenvalue weighted by molar-refractivity contribution is 14.1. The highest BCUT2D eigenvalue weighted by atomic mass is 127. The molecule has 0 spiro atoms. The van der Waals surface area contributed by atoms with Crippen LogP contribution in [-0.2, 0) is 13.1 Å². The number of hydrogen-bond donors (Lipinski definition) is 1. The third-order valence-electron chi connectivity index (χ3n) is 2.58. The van der Waals surface area contributed by atoms with Crippen molar-refractivity contribution in [3.8, 4) is 5.88 Å². The first kappa shape index (κ1) is 13.3. The van der Waals surface area contributed by atoms with Crippen molar-refractivity contribution in [1.82, 2.24) is 10.3 Å². The van der Waals surface area contributed by atoms with Gasteiger partial charge in [-0.25, -0.2) is 4.98 Å². The van der Waals surface area contributed by atoms with Crippen molar-refractivity contribution >= 4 is 22.6 Å². The molecular formula is C14H15IN2O. The number of methoxy groups -OCH3 is 1. The number of hydrogen-bond acceptors (Lipinski definition) is 3. The topological polar surface area (TPSA) is 34.1 Å². The van der Waals surface area contributed by atoms with Gasteiger partial charge in [0.2, 0.25) is 5.88 Å². The molecule has 0 radical (unpaired) electrons. The number of nitrogens with zero attached hydrogens (tertiary/aromatic N) is 1. The van der Waals surface area contributed by atoms with Crippen LogP contribution in [0.4, 0.5) is 0 Å².